The summed E-state index contributed by atoms with van der Waals surface area (Å²) in [6.45, 7) is 8.22. The van der Waals surface area contributed by atoms with Gasteiger partial charge in [0.15, 0.2) is 5.13 Å². The van der Waals surface area contributed by atoms with Gasteiger partial charge in [0.1, 0.15) is 5.75 Å². The molecule has 0 saturated carbocycles. The zero-order valence-corrected chi connectivity index (χ0v) is 19.3. The van der Waals surface area contributed by atoms with Crippen molar-refractivity contribution in [1.29, 1.82) is 0 Å². The highest BCUT2D eigenvalue weighted by Crippen LogP contribution is 2.31. The SMILES string of the molecule is CCN(CC)S(=O)(=O)c1ccc(OC)c(C(=O)Nc2nc3c(C)cc(C)cc3s2)c1. The van der Waals surface area contributed by atoms with Gasteiger partial charge in [-0.2, -0.15) is 4.31 Å². The third kappa shape index (κ3) is 4.19. The summed E-state index contributed by atoms with van der Waals surface area (Å²) in [4.78, 5) is 17.5. The highest BCUT2D eigenvalue weighted by atomic mass is 32.2. The van der Waals surface area contributed by atoms with E-state index in [9.17, 15) is 13.2 Å². The Morgan fingerprint density at radius 3 is 2.50 bits per heavy atom. The Bertz CT molecular complexity index is 1200. The predicted molar refractivity (Wildman–Crippen MR) is 120 cm³/mol. The normalized spacial score (nSPS) is 11.8. The predicted octanol–water partition coefficient (Wildman–Crippen LogP) is 4.20. The van der Waals surface area contributed by atoms with Gasteiger partial charge in [0.05, 0.1) is 27.8 Å². The van der Waals surface area contributed by atoms with Crippen molar-refractivity contribution in [2.75, 3.05) is 25.5 Å². The van der Waals surface area contributed by atoms with E-state index >= 15 is 0 Å². The Labute approximate surface area is 180 Å². The zero-order chi connectivity index (χ0) is 22.1. The number of thiazole rings is 1. The molecule has 1 aromatic heterocycles. The van der Waals surface area contributed by atoms with Crippen molar-refractivity contribution in [2.45, 2.75) is 32.6 Å². The number of rotatable bonds is 7. The molecular weight excluding hydrogens is 422 g/mol. The van der Waals surface area contributed by atoms with E-state index in [1.807, 2.05) is 26.0 Å². The number of sulfonamides is 1. The number of carbonyl (C=O) groups excluding carboxylic acids is 1. The maximum absolute atomic E-state index is 13.0. The van der Waals surface area contributed by atoms with Crippen LogP contribution in [-0.4, -0.2) is 43.8 Å². The van der Waals surface area contributed by atoms with Crippen LogP contribution in [0, 0.1) is 13.8 Å². The number of aromatic nitrogens is 1. The summed E-state index contributed by atoms with van der Waals surface area (Å²) in [5.74, 6) is -0.184. The summed E-state index contributed by atoms with van der Waals surface area (Å²) >= 11 is 1.37. The minimum absolute atomic E-state index is 0.0490. The highest BCUT2D eigenvalue weighted by molar-refractivity contribution is 7.89. The molecule has 0 aliphatic rings. The van der Waals surface area contributed by atoms with Gasteiger partial charge in [-0.25, -0.2) is 13.4 Å². The molecule has 0 spiro atoms. The molecule has 0 bridgehead atoms. The largest absolute Gasteiger partial charge is 0.496 e. The van der Waals surface area contributed by atoms with Gasteiger partial charge in [-0.1, -0.05) is 31.3 Å². The topological polar surface area (TPSA) is 88.6 Å². The fourth-order valence-electron chi connectivity index (χ4n) is 3.33. The van der Waals surface area contributed by atoms with E-state index in [-0.39, 0.29) is 10.5 Å². The maximum Gasteiger partial charge on any atom is 0.261 e. The maximum atomic E-state index is 13.0. The molecule has 3 rings (SSSR count). The van der Waals surface area contributed by atoms with E-state index in [2.05, 4.69) is 10.3 Å². The number of aryl methyl sites for hydroxylation is 2. The molecule has 160 valence electrons. The van der Waals surface area contributed by atoms with Crippen molar-refractivity contribution in [3.05, 3.63) is 47.0 Å². The van der Waals surface area contributed by atoms with Gasteiger partial charge in [0, 0.05) is 13.1 Å². The summed E-state index contributed by atoms with van der Waals surface area (Å²) in [6.07, 6.45) is 0. The molecule has 0 atom stereocenters. The molecule has 2 aromatic carbocycles. The average Bonchev–Trinajstić information content (AvgIpc) is 3.10. The second-order valence-electron chi connectivity index (χ2n) is 6.85. The second kappa shape index (κ2) is 8.71. The van der Waals surface area contributed by atoms with Crippen molar-refractivity contribution >= 4 is 42.6 Å². The number of nitrogens with zero attached hydrogens (tertiary/aromatic N) is 2. The van der Waals surface area contributed by atoms with Crippen LogP contribution in [0.3, 0.4) is 0 Å². The van der Waals surface area contributed by atoms with Crippen molar-refractivity contribution in [2.24, 2.45) is 0 Å². The number of nitrogens with one attached hydrogen (secondary N) is 1. The van der Waals surface area contributed by atoms with Crippen LogP contribution in [0.25, 0.3) is 10.2 Å². The van der Waals surface area contributed by atoms with Crippen LogP contribution in [0.1, 0.15) is 35.3 Å². The van der Waals surface area contributed by atoms with Crippen molar-refractivity contribution in [3.8, 4) is 5.75 Å². The number of methoxy groups -OCH3 is 1. The van der Waals surface area contributed by atoms with E-state index in [1.54, 1.807) is 13.8 Å². The molecule has 0 aliphatic heterocycles. The summed E-state index contributed by atoms with van der Waals surface area (Å²) in [7, 11) is -2.26. The number of carbonyl (C=O) groups is 1. The molecule has 1 heterocycles. The summed E-state index contributed by atoms with van der Waals surface area (Å²) < 4.78 is 33.3. The Morgan fingerprint density at radius 1 is 1.17 bits per heavy atom. The fourth-order valence-corrected chi connectivity index (χ4v) is 5.85. The minimum atomic E-state index is -3.70. The minimum Gasteiger partial charge on any atom is -0.496 e. The van der Waals surface area contributed by atoms with Crippen LogP contribution in [0.5, 0.6) is 5.75 Å². The number of hydrogen-bond acceptors (Lipinski definition) is 6. The molecule has 3 aromatic rings. The quantitative estimate of drug-likeness (QED) is 0.586. The van der Waals surface area contributed by atoms with Crippen LogP contribution in [0.15, 0.2) is 35.2 Å². The lowest BCUT2D eigenvalue weighted by molar-refractivity contribution is 0.102. The van der Waals surface area contributed by atoms with Crippen LogP contribution in [-0.2, 0) is 10.0 Å². The van der Waals surface area contributed by atoms with Crippen LogP contribution >= 0.6 is 11.3 Å². The van der Waals surface area contributed by atoms with Crippen LogP contribution in [0.4, 0.5) is 5.13 Å². The van der Waals surface area contributed by atoms with Gasteiger partial charge in [0.2, 0.25) is 10.0 Å². The molecule has 1 N–H and O–H groups in total. The molecule has 0 fully saturated rings. The third-order valence-electron chi connectivity index (χ3n) is 4.81. The molecular formula is C21H25N3O4S2. The lowest BCUT2D eigenvalue weighted by atomic mass is 10.1. The lowest BCUT2D eigenvalue weighted by Crippen LogP contribution is -2.30. The van der Waals surface area contributed by atoms with E-state index in [1.165, 1.54) is 41.0 Å². The van der Waals surface area contributed by atoms with Gasteiger partial charge in [-0.05, 0) is 49.2 Å². The van der Waals surface area contributed by atoms with E-state index in [0.29, 0.717) is 24.0 Å². The first-order valence-electron chi connectivity index (χ1n) is 9.58. The number of fused-ring (bicyclic) bond motifs is 1. The van der Waals surface area contributed by atoms with Crippen LogP contribution in [0.2, 0.25) is 0 Å². The van der Waals surface area contributed by atoms with Crippen LogP contribution < -0.4 is 10.1 Å². The monoisotopic (exact) mass is 447 g/mol. The second-order valence-corrected chi connectivity index (χ2v) is 9.82. The molecule has 7 nitrogen and oxygen atoms in total. The first-order valence-corrected chi connectivity index (χ1v) is 11.8. The number of anilines is 1. The standard InChI is InChI=1S/C21H25N3O4S2/c1-6-24(7-2)30(26,27)15-8-9-17(28-5)16(12-15)20(25)23-21-22-19-14(4)10-13(3)11-18(19)29-21/h8-12H,6-7H2,1-5H3,(H,22,23,25). The lowest BCUT2D eigenvalue weighted by Gasteiger charge is -2.19. The Balaban J connectivity index is 1.98. The summed E-state index contributed by atoms with van der Waals surface area (Å²) in [6, 6.07) is 8.36. The number of benzene rings is 2. The van der Waals surface area contributed by atoms with E-state index in [0.717, 1.165) is 21.3 Å². The molecule has 1 amide bonds. The highest BCUT2D eigenvalue weighted by Gasteiger charge is 2.25. The first kappa shape index (κ1) is 22.2. The van der Waals surface area contributed by atoms with Gasteiger partial charge in [-0.3, -0.25) is 10.1 Å². The molecule has 30 heavy (non-hydrogen) atoms. The zero-order valence-electron chi connectivity index (χ0n) is 17.6. The van der Waals surface area contributed by atoms with E-state index in [4.69, 9.17) is 4.74 Å². The molecule has 9 heteroatoms. The van der Waals surface area contributed by atoms with Gasteiger partial charge in [-0.15, -0.1) is 0 Å². The average molecular weight is 448 g/mol. The number of hydrogen-bond donors (Lipinski definition) is 1. The van der Waals surface area contributed by atoms with Crippen molar-refractivity contribution in [3.63, 3.8) is 0 Å². The molecule has 0 aliphatic carbocycles. The first-order chi connectivity index (χ1) is 14.2. The van der Waals surface area contributed by atoms with Gasteiger partial charge < -0.3 is 4.74 Å². The Kier molecular flexibility index (Phi) is 6.44. The Morgan fingerprint density at radius 2 is 1.87 bits per heavy atom. The van der Waals surface area contributed by atoms with Gasteiger partial charge in [0.25, 0.3) is 5.91 Å². The molecule has 0 saturated heterocycles. The fraction of sp³-hybridized carbons (Fsp3) is 0.333. The Hall–Kier alpha value is -2.49. The summed E-state index contributed by atoms with van der Waals surface area (Å²) in [5, 5.41) is 3.23. The van der Waals surface area contributed by atoms with Crippen molar-refractivity contribution in [1.82, 2.24) is 9.29 Å². The third-order valence-corrected chi connectivity index (χ3v) is 7.77. The molecule has 0 unspecified atom stereocenters. The smallest absolute Gasteiger partial charge is 0.261 e. The molecule has 0 radical (unpaired) electrons. The van der Waals surface area contributed by atoms with E-state index < -0.39 is 15.9 Å². The number of amides is 1. The van der Waals surface area contributed by atoms with Crippen molar-refractivity contribution < 1.29 is 17.9 Å². The van der Waals surface area contributed by atoms with Gasteiger partial charge >= 0.3 is 0 Å². The summed E-state index contributed by atoms with van der Waals surface area (Å²) in [5.41, 5.74) is 3.13. The number of ether oxygens (including phenoxy) is 1.